The molecule has 1 aromatic heterocycles. The van der Waals surface area contributed by atoms with Crippen molar-refractivity contribution in [2.75, 3.05) is 12.4 Å². The maximum Gasteiger partial charge on any atom is 0.259 e. The van der Waals surface area contributed by atoms with Crippen molar-refractivity contribution in [2.24, 2.45) is 0 Å². The van der Waals surface area contributed by atoms with Crippen LogP contribution in [0, 0.1) is 6.92 Å². The molecule has 0 atom stereocenters. The van der Waals surface area contributed by atoms with Gasteiger partial charge in [0.2, 0.25) is 0 Å². The number of anilines is 1. The summed E-state index contributed by atoms with van der Waals surface area (Å²) in [5, 5.41) is 8.17. The van der Waals surface area contributed by atoms with E-state index < -0.39 is 0 Å². The third-order valence-electron chi connectivity index (χ3n) is 3.74. The summed E-state index contributed by atoms with van der Waals surface area (Å²) in [7, 11) is 1.54. The summed E-state index contributed by atoms with van der Waals surface area (Å²) < 4.78 is 6.79. The van der Waals surface area contributed by atoms with E-state index in [4.69, 9.17) is 27.9 Å². The third-order valence-corrected chi connectivity index (χ3v) is 4.28. The maximum absolute atomic E-state index is 12.5. The second-order valence-corrected chi connectivity index (χ2v) is 6.18. The van der Waals surface area contributed by atoms with E-state index in [1.807, 2.05) is 19.1 Å². The van der Waals surface area contributed by atoms with Gasteiger partial charge in [-0.2, -0.15) is 5.10 Å². The van der Waals surface area contributed by atoms with E-state index in [-0.39, 0.29) is 5.91 Å². The van der Waals surface area contributed by atoms with E-state index in [0.29, 0.717) is 27.0 Å². The molecular weight excluding hydrogens is 361 g/mol. The number of carbonyl (C=O) groups excluding carboxylic acids is 1. The first-order chi connectivity index (χ1) is 12.0. The van der Waals surface area contributed by atoms with Crippen LogP contribution in [0.25, 0.3) is 5.69 Å². The molecule has 0 fully saturated rings. The topological polar surface area (TPSA) is 56.1 Å². The normalized spacial score (nSPS) is 10.6. The zero-order valence-corrected chi connectivity index (χ0v) is 15.1. The molecule has 3 rings (SSSR count). The van der Waals surface area contributed by atoms with Gasteiger partial charge < -0.3 is 10.1 Å². The number of aromatic nitrogens is 2. The molecule has 1 heterocycles. The molecule has 0 radical (unpaired) electrons. The molecule has 128 valence electrons. The summed E-state index contributed by atoms with van der Waals surface area (Å²) in [4.78, 5) is 12.5. The van der Waals surface area contributed by atoms with Crippen molar-refractivity contribution < 1.29 is 9.53 Å². The molecule has 1 amide bonds. The highest BCUT2D eigenvalue weighted by atomic mass is 35.5. The minimum Gasteiger partial charge on any atom is -0.495 e. The number of methoxy groups -OCH3 is 1. The summed E-state index contributed by atoms with van der Waals surface area (Å²) in [6, 6.07) is 12.3. The van der Waals surface area contributed by atoms with E-state index in [2.05, 4.69) is 10.4 Å². The largest absolute Gasteiger partial charge is 0.495 e. The van der Waals surface area contributed by atoms with Crippen molar-refractivity contribution in [3.05, 3.63) is 70.0 Å². The highest BCUT2D eigenvalue weighted by Crippen LogP contribution is 2.27. The van der Waals surface area contributed by atoms with Gasteiger partial charge >= 0.3 is 0 Å². The molecule has 7 heteroatoms. The van der Waals surface area contributed by atoms with Gasteiger partial charge in [0.15, 0.2) is 0 Å². The van der Waals surface area contributed by atoms with Gasteiger partial charge in [0.1, 0.15) is 5.75 Å². The van der Waals surface area contributed by atoms with Gasteiger partial charge in [0.05, 0.1) is 35.3 Å². The molecule has 0 spiro atoms. The zero-order chi connectivity index (χ0) is 18.0. The van der Waals surface area contributed by atoms with Gasteiger partial charge in [-0.15, -0.1) is 0 Å². The van der Waals surface area contributed by atoms with Crippen LogP contribution in [0.2, 0.25) is 10.0 Å². The van der Waals surface area contributed by atoms with Crippen LogP contribution >= 0.6 is 23.2 Å². The molecule has 0 saturated heterocycles. The van der Waals surface area contributed by atoms with Gasteiger partial charge in [-0.05, 0) is 49.4 Å². The Balaban J connectivity index is 1.83. The minimum atomic E-state index is -0.265. The average molecular weight is 376 g/mol. The lowest BCUT2D eigenvalue weighted by Gasteiger charge is -2.08. The maximum atomic E-state index is 12.5. The molecule has 1 N–H and O–H groups in total. The van der Waals surface area contributed by atoms with Crippen LogP contribution in [0.5, 0.6) is 5.75 Å². The van der Waals surface area contributed by atoms with Crippen LogP contribution in [-0.4, -0.2) is 22.8 Å². The fraction of sp³-hybridized carbons (Fsp3) is 0.111. The fourth-order valence-electron chi connectivity index (χ4n) is 2.42. The van der Waals surface area contributed by atoms with Crippen molar-refractivity contribution in [2.45, 2.75) is 6.92 Å². The van der Waals surface area contributed by atoms with Crippen molar-refractivity contribution in [3.63, 3.8) is 0 Å². The second-order valence-electron chi connectivity index (χ2n) is 5.34. The Bertz CT molecular complexity index is 921. The number of carbonyl (C=O) groups is 1. The van der Waals surface area contributed by atoms with E-state index >= 15 is 0 Å². The SMILES string of the molecule is COc1ccc(NC(=O)c2cnn(-c3ccc(Cl)cc3)c2C)cc1Cl. The fourth-order valence-corrected chi connectivity index (χ4v) is 2.80. The number of ether oxygens (including phenoxy) is 1. The van der Waals surface area contributed by atoms with Crippen LogP contribution in [0.4, 0.5) is 5.69 Å². The van der Waals surface area contributed by atoms with Gasteiger partial charge in [-0.25, -0.2) is 4.68 Å². The van der Waals surface area contributed by atoms with Crippen molar-refractivity contribution in [1.29, 1.82) is 0 Å². The summed E-state index contributed by atoms with van der Waals surface area (Å²) >= 11 is 12.0. The van der Waals surface area contributed by atoms with Crippen LogP contribution in [-0.2, 0) is 0 Å². The Labute approximate surface area is 155 Å². The molecule has 3 aromatic rings. The van der Waals surface area contributed by atoms with Gasteiger partial charge in [-0.3, -0.25) is 4.79 Å². The van der Waals surface area contributed by atoms with Crippen LogP contribution in [0.15, 0.2) is 48.7 Å². The average Bonchev–Trinajstić information content (AvgIpc) is 2.97. The van der Waals surface area contributed by atoms with Crippen LogP contribution in [0.1, 0.15) is 16.1 Å². The quantitative estimate of drug-likeness (QED) is 0.715. The standard InChI is InChI=1S/C18H15Cl2N3O2/c1-11-15(10-21-23(11)14-6-3-12(19)4-7-14)18(24)22-13-5-8-17(25-2)16(20)9-13/h3-10H,1-2H3,(H,22,24). The van der Waals surface area contributed by atoms with Crippen LogP contribution in [0.3, 0.4) is 0 Å². The van der Waals surface area contributed by atoms with Gasteiger partial charge in [-0.1, -0.05) is 23.2 Å². The van der Waals surface area contributed by atoms with Gasteiger partial charge in [0.25, 0.3) is 5.91 Å². The van der Waals surface area contributed by atoms with Crippen LogP contribution < -0.4 is 10.1 Å². The molecular formula is C18H15Cl2N3O2. The lowest BCUT2D eigenvalue weighted by Crippen LogP contribution is -2.13. The molecule has 0 aliphatic carbocycles. The molecule has 5 nitrogen and oxygen atoms in total. The van der Waals surface area contributed by atoms with E-state index in [1.165, 1.54) is 13.3 Å². The number of benzene rings is 2. The predicted molar refractivity (Wildman–Crippen MR) is 99.3 cm³/mol. The van der Waals surface area contributed by atoms with Crippen molar-refractivity contribution >= 4 is 34.8 Å². The Hall–Kier alpha value is -2.50. The number of hydrogen-bond donors (Lipinski definition) is 1. The zero-order valence-electron chi connectivity index (χ0n) is 13.6. The monoisotopic (exact) mass is 375 g/mol. The lowest BCUT2D eigenvalue weighted by molar-refractivity contribution is 0.102. The van der Waals surface area contributed by atoms with E-state index in [1.54, 1.807) is 35.0 Å². The summed E-state index contributed by atoms with van der Waals surface area (Å²) in [6.07, 6.45) is 1.53. The second kappa shape index (κ2) is 7.17. The predicted octanol–water partition coefficient (Wildman–Crippen LogP) is 4.75. The first kappa shape index (κ1) is 17.3. The van der Waals surface area contributed by atoms with Gasteiger partial charge in [0, 0.05) is 10.7 Å². The first-order valence-electron chi connectivity index (χ1n) is 7.45. The number of nitrogens with zero attached hydrogens (tertiary/aromatic N) is 2. The summed E-state index contributed by atoms with van der Waals surface area (Å²) in [5.41, 5.74) is 2.60. The molecule has 2 aromatic carbocycles. The Kier molecular flexibility index (Phi) is 4.97. The highest BCUT2D eigenvalue weighted by Gasteiger charge is 2.16. The lowest BCUT2D eigenvalue weighted by atomic mass is 10.2. The smallest absolute Gasteiger partial charge is 0.259 e. The highest BCUT2D eigenvalue weighted by molar-refractivity contribution is 6.32. The number of rotatable bonds is 4. The number of halogens is 2. The first-order valence-corrected chi connectivity index (χ1v) is 8.20. The molecule has 0 bridgehead atoms. The molecule has 0 aliphatic heterocycles. The van der Waals surface area contributed by atoms with Crippen molar-refractivity contribution in [1.82, 2.24) is 9.78 Å². The minimum absolute atomic E-state index is 0.265. The Morgan fingerprint density at radius 3 is 2.52 bits per heavy atom. The Morgan fingerprint density at radius 2 is 1.88 bits per heavy atom. The van der Waals surface area contributed by atoms with E-state index in [9.17, 15) is 4.79 Å². The molecule has 0 saturated carbocycles. The number of hydrogen-bond acceptors (Lipinski definition) is 3. The number of nitrogens with one attached hydrogen (secondary N) is 1. The Morgan fingerprint density at radius 1 is 1.16 bits per heavy atom. The third kappa shape index (κ3) is 3.62. The van der Waals surface area contributed by atoms with Crippen molar-refractivity contribution in [3.8, 4) is 11.4 Å². The molecule has 0 unspecified atom stereocenters. The number of amides is 1. The molecule has 25 heavy (non-hydrogen) atoms. The van der Waals surface area contributed by atoms with E-state index in [0.717, 1.165) is 11.4 Å². The summed E-state index contributed by atoms with van der Waals surface area (Å²) in [6.45, 7) is 1.83. The molecule has 0 aliphatic rings. The summed E-state index contributed by atoms with van der Waals surface area (Å²) in [5.74, 6) is 0.283.